The standard InChI is InChI=1S/C14H14ClN3O2/c1-9(10-3-5-11(15)6-4-10)18(2)13-8-16-12(7-17-13)14(19)20/h3-9H,1-2H3,(H,19,20). The summed E-state index contributed by atoms with van der Waals surface area (Å²) in [5.41, 5.74) is 1.02. The average molecular weight is 292 g/mol. The number of hydrogen-bond acceptors (Lipinski definition) is 4. The Kier molecular flexibility index (Phi) is 4.20. The van der Waals surface area contributed by atoms with Crippen molar-refractivity contribution in [3.63, 3.8) is 0 Å². The maximum atomic E-state index is 10.7. The highest BCUT2D eigenvalue weighted by Crippen LogP contribution is 2.24. The van der Waals surface area contributed by atoms with E-state index in [1.54, 1.807) is 0 Å². The Morgan fingerprint density at radius 2 is 1.90 bits per heavy atom. The van der Waals surface area contributed by atoms with Crippen LogP contribution in [0.15, 0.2) is 36.7 Å². The third-order valence-electron chi connectivity index (χ3n) is 3.15. The van der Waals surface area contributed by atoms with Gasteiger partial charge in [0.15, 0.2) is 5.69 Å². The zero-order valence-electron chi connectivity index (χ0n) is 11.1. The van der Waals surface area contributed by atoms with E-state index in [0.717, 1.165) is 5.56 Å². The van der Waals surface area contributed by atoms with E-state index in [1.165, 1.54) is 12.4 Å². The molecule has 0 amide bonds. The van der Waals surface area contributed by atoms with Crippen molar-refractivity contribution in [3.05, 3.63) is 52.9 Å². The molecule has 0 aliphatic carbocycles. The van der Waals surface area contributed by atoms with Crippen LogP contribution in [0.5, 0.6) is 0 Å². The van der Waals surface area contributed by atoms with Gasteiger partial charge >= 0.3 is 5.97 Å². The summed E-state index contributed by atoms with van der Waals surface area (Å²) < 4.78 is 0. The van der Waals surface area contributed by atoms with Gasteiger partial charge in [-0.3, -0.25) is 0 Å². The van der Waals surface area contributed by atoms with Gasteiger partial charge in [-0.1, -0.05) is 23.7 Å². The van der Waals surface area contributed by atoms with Crippen LogP contribution in [0.3, 0.4) is 0 Å². The maximum Gasteiger partial charge on any atom is 0.356 e. The molecule has 0 aliphatic rings. The first kappa shape index (κ1) is 14.3. The number of carbonyl (C=O) groups is 1. The first-order valence-electron chi connectivity index (χ1n) is 6.02. The second kappa shape index (κ2) is 5.88. The lowest BCUT2D eigenvalue weighted by Gasteiger charge is -2.26. The van der Waals surface area contributed by atoms with Crippen LogP contribution < -0.4 is 4.90 Å². The van der Waals surface area contributed by atoms with Gasteiger partial charge in [0.1, 0.15) is 5.82 Å². The maximum absolute atomic E-state index is 10.7. The minimum Gasteiger partial charge on any atom is -0.476 e. The molecule has 1 atom stereocenters. The number of aromatic carboxylic acids is 1. The van der Waals surface area contributed by atoms with Gasteiger partial charge in [-0.05, 0) is 24.6 Å². The Balaban J connectivity index is 2.19. The largest absolute Gasteiger partial charge is 0.476 e. The monoisotopic (exact) mass is 291 g/mol. The fraction of sp³-hybridized carbons (Fsp3) is 0.214. The molecule has 2 rings (SSSR count). The summed E-state index contributed by atoms with van der Waals surface area (Å²) in [6.07, 6.45) is 2.71. The van der Waals surface area contributed by atoms with E-state index in [0.29, 0.717) is 10.8 Å². The molecule has 0 fully saturated rings. The molecule has 1 aromatic heterocycles. The minimum absolute atomic E-state index is 0.0669. The van der Waals surface area contributed by atoms with E-state index in [2.05, 4.69) is 9.97 Å². The molecule has 1 N–H and O–H groups in total. The number of benzene rings is 1. The van der Waals surface area contributed by atoms with Crippen molar-refractivity contribution in [3.8, 4) is 0 Å². The topological polar surface area (TPSA) is 66.3 Å². The van der Waals surface area contributed by atoms with Crippen LogP contribution in [0.2, 0.25) is 5.02 Å². The molecule has 0 bridgehead atoms. The van der Waals surface area contributed by atoms with E-state index in [-0.39, 0.29) is 11.7 Å². The number of rotatable bonds is 4. The summed E-state index contributed by atoms with van der Waals surface area (Å²) in [5, 5.41) is 9.49. The Labute approximate surface area is 121 Å². The molecule has 2 aromatic rings. The number of halogens is 1. The number of carboxylic acid groups (broad SMARTS) is 1. The van der Waals surface area contributed by atoms with Crippen molar-refractivity contribution in [1.29, 1.82) is 0 Å². The van der Waals surface area contributed by atoms with Gasteiger partial charge in [0.05, 0.1) is 18.4 Å². The summed E-state index contributed by atoms with van der Waals surface area (Å²) in [6, 6.07) is 7.63. The molecule has 1 heterocycles. The summed E-state index contributed by atoms with van der Waals surface area (Å²) >= 11 is 5.87. The summed E-state index contributed by atoms with van der Waals surface area (Å²) in [7, 11) is 1.88. The lowest BCUT2D eigenvalue weighted by molar-refractivity contribution is 0.0690. The molecule has 0 radical (unpaired) electrons. The molecular formula is C14H14ClN3O2. The minimum atomic E-state index is -1.09. The third kappa shape index (κ3) is 3.05. The highest BCUT2D eigenvalue weighted by Gasteiger charge is 2.14. The van der Waals surface area contributed by atoms with Crippen LogP contribution in [0.25, 0.3) is 0 Å². The molecule has 20 heavy (non-hydrogen) atoms. The van der Waals surface area contributed by atoms with Gasteiger partial charge in [0, 0.05) is 12.1 Å². The number of anilines is 1. The predicted molar refractivity (Wildman–Crippen MR) is 77.3 cm³/mol. The van der Waals surface area contributed by atoms with Crippen molar-refractivity contribution in [2.24, 2.45) is 0 Å². The quantitative estimate of drug-likeness (QED) is 0.938. The second-order valence-electron chi connectivity index (χ2n) is 4.40. The fourth-order valence-corrected chi connectivity index (χ4v) is 1.90. The summed E-state index contributed by atoms with van der Waals surface area (Å²) in [6.45, 7) is 2.02. The molecule has 1 aromatic carbocycles. The smallest absolute Gasteiger partial charge is 0.356 e. The van der Waals surface area contributed by atoms with Gasteiger partial charge in [0.2, 0.25) is 0 Å². The Morgan fingerprint density at radius 1 is 1.25 bits per heavy atom. The lowest BCUT2D eigenvalue weighted by atomic mass is 10.1. The molecule has 0 spiro atoms. The molecule has 5 nitrogen and oxygen atoms in total. The van der Waals surface area contributed by atoms with Gasteiger partial charge in [0.25, 0.3) is 0 Å². The first-order valence-corrected chi connectivity index (χ1v) is 6.40. The molecule has 0 aliphatic heterocycles. The van der Waals surface area contributed by atoms with E-state index < -0.39 is 5.97 Å². The van der Waals surface area contributed by atoms with E-state index in [9.17, 15) is 4.79 Å². The van der Waals surface area contributed by atoms with Crippen LogP contribution in [0.1, 0.15) is 29.0 Å². The summed E-state index contributed by atoms with van der Waals surface area (Å²) in [4.78, 5) is 20.6. The second-order valence-corrected chi connectivity index (χ2v) is 4.84. The van der Waals surface area contributed by atoms with Crippen molar-refractivity contribution < 1.29 is 9.90 Å². The Hall–Kier alpha value is -2.14. The number of nitrogens with zero attached hydrogens (tertiary/aromatic N) is 3. The zero-order valence-corrected chi connectivity index (χ0v) is 11.9. The van der Waals surface area contributed by atoms with Crippen molar-refractivity contribution in [1.82, 2.24) is 9.97 Å². The normalized spacial score (nSPS) is 11.9. The van der Waals surface area contributed by atoms with Crippen molar-refractivity contribution in [2.45, 2.75) is 13.0 Å². The third-order valence-corrected chi connectivity index (χ3v) is 3.40. The first-order chi connectivity index (χ1) is 9.49. The van der Waals surface area contributed by atoms with Gasteiger partial charge in [-0.2, -0.15) is 0 Å². The van der Waals surface area contributed by atoms with Gasteiger partial charge < -0.3 is 10.0 Å². The van der Waals surface area contributed by atoms with Crippen LogP contribution in [0.4, 0.5) is 5.82 Å². The average Bonchev–Trinajstić information content (AvgIpc) is 2.46. The fourth-order valence-electron chi connectivity index (χ4n) is 1.78. The molecule has 6 heteroatoms. The molecule has 104 valence electrons. The Morgan fingerprint density at radius 3 is 2.40 bits per heavy atom. The zero-order chi connectivity index (χ0) is 14.7. The molecule has 1 unspecified atom stereocenters. The number of carboxylic acids is 1. The van der Waals surface area contributed by atoms with E-state index in [1.807, 2.05) is 43.1 Å². The van der Waals surface area contributed by atoms with Crippen molar-refractivity contribution in [2.75, 3.05) is 11.9 Å². The molecule has 0 saturated carbocycles. The van der Waals surface area contributed by atoms with Crippen molar-refractivity contribution >= 4 is 23.4 Å². The summed E-state index contributed by atoms with van der Waals surface area (Å²) in [5.74, 6) is -0.477. The van der Waals surface area contributed by atoms with Gasteiger partial charge in [-0.15, -0.1) is 0 Å². The Bertz CT molecular complexity index is 599. The van der Waals surface area contributed by atoms with E-state index in [4.69, 9.17) is 16.7 Å². The predicted octanol–water partition coefficient (Wildman–Crippen LogP) is 3.03. The molecular weight excluding hydrogens is 278 g/mol. The van der Waals surface area contributed by atoms with Crippen LogP contribution in [-0.2, 0) is 0 Å². The highest BCUT2D eigenvalue weighted by atomic mass is 35.5. The SMILES string of the molecule is CC(c1ccc(Cl)cc1)N(C)c1cnc(C(=O)O)cn1. The highest BCUT2D eigenvalue weighted by molar-refractivity contribution is 6.30. The lowest BCUT2D eigenvalue weighted by Crippen LogP contribution is -2.23. The number of aromatic nitrogens is 2. The van der Waals surface area contributed by atoms with Crippen LogP contribution >= 0.6 is 11.6 Å². The van der Waals surface area contributed by atoms with E-state index >= 15 is 0 Å². The molecule has 0 saturated heterocycles. The van der Waals surface area contributed by atoms with Crippen LogP contribution in [0, 0.1) is 0 Å². The van der Waals surface area contributed by atoms with Gasteiger partial charge in [-0.25, -0.2) is 14.8 Å². The number of hydrogen-bond donors (Lipinski definition) is 1. The van der Waals surface area contributed by atoms with Crippen LogP contribution in [-0.4, -0.2) is 28.1 Å².